The summed E-state index contributed by atoms with van der Waals surface area (Å²) in [6.45, 7) is 0. The minimum absolute atomic E-state index is 1.35. The van der Waals surface area contributed by atoms with E-state index in [0.29, 0.717) is 0 Å². The van der Waals surface area contributed by atoms with Crippen molar-refractivity contribution in [2.24, 2.45) is 0 Å². The van der Waals surface area contributed by atoms with Crippen LogP contribution in [0.3, 0.4) is 0 Å². The molecule has 0 saturated carbocycles. The number of hydrogen-bond acceptors (Lipinski definition) is 1. The fourth-order valence-corrected chi connectivity index (χ4v) is 4.89. The Balaban J connectivity index is 0.000000359. The summed E-state index contributed by atoms with van der Waals surface area (Å²) in [5, 5.41) is 30.7. The van der Waals surface area contributed by atoms with Crippen molar-refractivity contribution >= 4 is 70.8 Å². The predicted molar refractivity (Wildman–Crippen MR) is 116 cm³/mol. The molecule has 28 heavy (non-hydrogen) atoms. The van der Waals surface area contributed by atoms with Gasteiger partial charge in [-0.15, -0.1) is 0 Å². The number of hydrogen-bond donors (Lipinski definition) is 2. The summed E-state index contributed by atoms with van der Waals surface area (Å²) in [5.41, 5.74) is 0. The average Bonchev–Trinajstić information content (AvgIpc) is 2.71. The first-order valence-corrected chi connectivity index (χ1v) is 9.12. The van der Waals surface area contributed by atoms with Gasteiger partial charge >= 0.3 is 6.16 Å². The van der Waals surface area contributed by atoms with Gasteiger partial charge in [-0.3, -0.25) is 0 Å². The van der Waals surface area contributed by atoms with Gasteiger partial charge in [-0.05, 0) is 64.6 Å². The van der Waals surface area contributed by atoms with Gasteiger partial charge in [0.1, 0.15) is 0 Å². The van der Waals surface area contributed by atoms with Crippen LogP contribution in [0.4, 0.5) is 4.79 Å². The normalized spacial score (nSPS) is 12.0. The van der Waals surface area contributed by atoms with E-state index in [9.17, 15) is 0 Å². The average molecular weight is 362 g/mol. The molecular formula is C25H14O3. The molecule has 3 nitrogen and oxygen atoms in total. The first-order chi connectivity index (χ1) is 13.6. The van der Waals surface area contributed by atoms with Gasteiger partial charge in [-0.1, -0.05) is 72.8 Å². The second-order valence-electron chi connectivity index (χ2n) is 7.26. The summed E-state index contributed by atoms with van der Waals surface area (Å²) < 4.78 is 0. The molecule has 0 bridgehead atoms. The van der Waals surface area contributed by atoms with Crippen molar-refractivity contribution in [1.29, 1.82) is 0 Å². The lowest BCUT2D eigenvalue weighted by atomic mass is 9.83. The van der Waals surface area contributed by atoms with Gasteiger partial charge in [0.25, 0.3) is 0 Å². The topological polar surface area (TPSA) is 57.5 Å². The smallest absolute Gasteiger partial charge is 0.450 e. The van der Waals surface area contributed by atoms with E-state index in [1.54, 1.807) is 0 Å². The Morgan fingerprint density at radius 3 is 0.607 bits per heavy atom. The molecule has 0 atom stereocenters. The van der Waals surface area contributed by atoms with Crippen molar-refractivity contribution in [3.63, 3.8) is 0 Å². The monoisotopic (exact) mass is 362 g/mol. The maximum atomic E-state index is 8.56. The van der Waals surface area contributed by atoms with Crippen LogP contribution in [-0.2, 0) is 0 Å². The lowest BCUT2D eigenvalue weighted by Gasteiger charge is -2.20. The lowest BCUT2D eigenvalue weighted by Crippen LogP contribution is -1.91. The number of carbonyl (C=O) groups is 1. The Morgan fingerprint density at radius 1 is 0.393 bits per heavy atom. The van der Waals surface area contributed by atoms with Crippen LogP contribution in [-0.4, -0.2) is 16.4 Å². The molecule has 0 fully saturated rings. The highest BCUT2D eigenvalue weighted by Gasteiger charge is 2.19. The van der Waals surface area contributed by atoms with Crippen LogP contribution in [0.1, 0.15) is 0 Å². The number of rotatable bonds is 0. The van der Waals surface area contributed by atoms with E-state index in [1.807, 2.05) is 0 Å². The maximum absolute atomic E-state index is 8.56. The molecule has 0 saturated heterocycles. The third kappa shape index (κ3) is 1.80. The standard InChI is InChI=1S/C24H12.CH2O3/c1-2-14-5-6-16-9-11-18-12-10-17-8-7-15-4-3-13(1)19-20(14)22(16)24(18)23(17)21(15)19;2-1(3)4/h1-12H;(H2,2,3,4). The Kier molecular flexibility index (Phi) is 2.78. The van der Waals surface area contributed by atoms with Crippen LogP contribution in [0.15, 0.2) is 72.8 Å². The van der Waals surface area contributed by atoms with Crippen molar-refractivity contribution in [2.45, 2.75) is 0 Å². The van der Waals surface area contributed by atoms with Crippen molar-refractivity contribution in [3.05, 3.63) is 72.8 Å². The third-order valence-corrected chi connectivity index (χ3v) is 5.89. The van der Waals surface area contributed by atoms with Gasteiger partial charge in [0, 0.05) is 0 Å². The van der Waals surface area contributed by atoms with E-state index in [2.05, 4.69) is 72.8 Å². The molecule has 0 radical (unpaired) electrons. The molecule has 0 aliphatic rings. The molecule has 7 aromatic carbocycles. The van der Waals surface area contributed by atoms with Crippen LogP contribution < -0.4 is 0 Å². The molecule has 0 amide bonds. The molecule has 0 spiro atoms. The van der Waals surface area contributed by atoms with Crippen LogP contribution in [0.5, 0.6) is 0 Å². The molecule has 3 heteroatoms. The van der Waals surface area contributed by atoms with Crippen LogP contribution >= 0.6 is 0 Å². The summed E-state index contributed by atoms with van der Waals surface area (Å²) in [6.07, 6.45) is -1.83. The number of benzene rings is 7. The van der Waals surface area contributed by atoms with Crippen molar-refractivity contribution < 1.29 is 15.0 Å². The van der Waals surface area contributed by atoms with E-state index >= 15 is 0 Å². The molecule has 0 heterocycles. The van der Waals surface area contributed by atoms with Crippen molar-refractivity contribution in [1.82, 2.24) is 0 Å². The summed E-state index contributed by atoms with van der Waals surface area (Å²) in [5.74, 6) is 0. The largest absolute Gasteiger partial charge is 0.503 e. The van der Waals surface area contributed by atoms with Gasteiger partial charge in [-0.2, -0.15) is 0 Å². The molecule has 2 N–H and O–H groups in total. The molecule has 0 aliphatic heterocycles. The van der Waals surface area contributed by atoms with Crippen LogP contribution in [0.2, 0.25) is 0 Å². The van der Waals surface area contributed by atoms with E-state index in [4.69, 9.17) is 15.0 Å². The van der Waals surface area contributed by atoms with E-state index in [-0.39, 0.29) is 0 Å². The summed E-state index contributed by atoms with van der Waals surface area (Å²) in [6, 6.07) is 27.3. The zero-order chi connectivity index (χ0) is 19.0. The molecular weight excluding hydrogens is 348 g/mol. The number of carboxylic acid groups (broad SMARTS) is 2. The minimum Gasteiger partial charge on any atom is -0.450 e. The fraction of sp³-hybridized carbons (Fsp3) is 0. The van der Waals surface area contributed by atoms with Gasteiger partial charge in [-0.25, -0.2) is 4.79 Å². The van der Waals surface area contributed by atoms with Gasteiger partial charge < -0.3 is 10.2 Å². The quantitative estimate of drug-likeness (QED) is 0.223. The SMILES string of the molecule is O=C(O)O.c1cc2ccc3ccc4ccc5ccc6ccc1c1c2c3c4c5c61. The summed E-state index contributed by atoms with van der Waals surface area (Å²) in [4.78, 5) is 8.56. The van der Waals surface area contributed by atoms with E-state index < -0.39 is 6.16 Å². The highest BCUT2D eigenvalue weighted by molar-refractivity contribution is 6.44. The molecule has 7 aromatic rings. The fourth-order valence-electron chi connectivity index (χ4n) is 4.89. The first-order valence-electron chi connectivity index (χ1n) is 9.12. The second-order valence-corrected chi connectivity index (χ2v) is 7.26. The van der Waals surface area contributed by atoms with E-state index in [0.717, 1.165) is 0 Å². The maximum Gasteiger partial charge on any atom is 0.503 e. The second kappa shape index (κ2) is 5.11. The minimum atomic E-state index is -1.83. The van der Waals surface area contributed by atoms with Crippen LogP contribution in [0, 0.1) is 0 Å². The molecule has 7 rings (SSSR count). The van der Waals surface area contributed by atoms with Gasteiger partial charge in [0.05, 0.1) is 0 Å². The Hall–Kier alpha value is -3.85. The van der Waals surface area contributed by atoms with Gasteiger partial charge in [0.2, 0.25) is 0 Å². The highest BCUT2D eigenvalue weighted by Crippen LogP contribution is 2.47. The third-order valence-electron chi connectivity index (χ3n) is 5.89. The first kappa shape index (κ1) is 15.2. The van der Waals surface area contributed by atoms with Crippen molar-refractivity contribution in [3.8, 4) is 0 Å². The molecule has 0 aliphatic carbocycles. The summed E-state index contributed by atoms with van der Waals surface area (Å²) in [7, 11) is 0. The van der Waals surface area contributed by atoms with Gasteiger partial charge in [0.15, 0.2) is 0 Å². The Labute approximate surface area is 159 Å². The highest BCUT2D eigenvalue weighted by atomic mass is 16.6. The molecule has 0 unspecified atom stereocenters. The summed E-state index contributed by atoms with van der Waals surface area (Å²) >= 11 is 0. The molecule has 132 valence electrons. The zero-order valence-electron chi connectivity index (χ0n) is 14.7. The molecule has 0 aromatic heterocycles. The van der Waals surface area contributed by atoms with E-state index in [1.165, 1.54) is 64.6 Å². The van der Waals surface area contributed by atoms with Crippen LogP contribution in [0.25, 0.3) is 64.6 Å². The Bertz CT molecular complexity index is 1250. The predicted octanol–water partition coefficient (Wildman–Crippen LogP) is 7.14. The lowest BCUT2D eigenvalue weighted by molar-refractivity contribution is 0.137. The van der Waals surface area contributed by atoms with Crippen molar-refractivity contribution in [2.75, 3.05) is 0 Å². The Morgan fingerprint density at radius 2 is 0.500 bits per heavy atom. The zero-order valence-corrected chi connectivity index (χ0v) is 14.7.